The summed E-state index contributed by atoms with van der Waals surface area (Å²) in [5.74, 6) is 1.86. The molecular formula is C21H25NO7. The van der Waals surface area contributed by atoms with Gasteiger partial charge in [-0.3, -0.25) is 0 Å². The van der Waals surface area contributed by atoms with E-state index in [0.29, 0.717) is 41.7 Å². The van der Waals surface area contributed by atoms with Crippen molar-refractivity contribution in [3.8, 4) is 23.0 Å². The summed E-state index contributed by atoms with van der Waals surface area (Å²) in [5, 5.41) is 13.6. The molecule has 0 aliphatic carbocycles. The monoisotopic (exact) mass is 403 g/mol. The van der Waals surface area contributed by atoms with E-state index in [1.807, 2.05) is 12.1 Å². The van der Waals surface area contributed by atoms with Gasteiger partial charge in [0.2, 0.25) is 0 Å². The lowest BCUT2D eigenvalue weighted by Gasteiger charge is -2.27. The van der Waals surface area contributed by atoms with Crippen LogP contribution in [0.4, 0.5) is 0 Å². The van der Waals surface area contributed by atoms with Crippen molar-refractivity contribution in [1.82, 2.24) is 5.32 Å². The highest BCUT2D eigenvalue weighted by Crippen LogP contribution is 2.34. The predicted octanol–water partition coefficient (Wildman–Crippen LogP) is 1.95. The van der Waals surface area contributed by atoms with E-state index in [-0.39, 0.29) is 18.2 Å². The number of methoxy groups -OCH3 is 3. The van der Waals surface area contributed by atoms with Gasteiger partial charge in [0.25, 0.3) is 0 Å². The topological polar surface area (TPSA) is 95.5 Å². The third-order valence-corrected chi connectivity index (χ3v) is 4.59. The zero-order valence-electron chi connectivity index (χ0n) is 16.6. The standard InChI is InChI=1S/C21H25NO7/c1-25-14-5-7-19-20(9-14)29-15(12-28-19)10-22-11-17(23)13-4-6-18(26-2)16(8-13)21(24)27-3/h4-9,15,17,22-23H,10-12H2,1-3H3. The molecule has 1 aliphatic heterocycles. The summed E-state index contributed by atoms with van der Waals surface area (Å²) in [7, 11) is 4.36. The average molecular weight is 403 g/mol. The lowest BCUT2D eigenvalue weighted by molar-refractivity contribution is 0.0596. The highest BCUT2D eigenvalue weighted by atomic mass is 16.6. The molecule has 0 spiro atoms. The quantitative estimate of drug-likeness (QED) is 0.646. The zero-order valence-corrected chi connectivity index (χ0v) is 16.6. The maximum Gasteiger partial charge on any atom is 0.341 e. The normalized spacial score (nSPS) is 16.1. The molecule has 0 aromatic heterocycles. The van der Waals surface area contributed by atoms with E-state index in [0.717, 1.165) is 0 Å². The zero-order chi connectivity index (χ0) is 20.8. The number of hydrogen-bond donors (Lipinski definition) is 2. The Bertz CT molecular complexity index is 855. The van der Waals surface area contributed by atoms with Crippen molar-refractivity contribution in [3.63, 3.8) is 0 Å². The lowest BCUT2D eigenvalue weighted by atomic mass is 10.0. The van der Waals surface area contributed by atoms with Crippen molar-refractivity contribution in [2.45, 2.75) is 12.2 Å². The molecule has 8 nitrogen and oxygen atoms in total. The summed E-state index contributed by atoms with van der Waals surface area (Å²) in [6, 6.07) is 10.3. The van der Waals surface area contributed by atoms with Crippen LogP contribution in [-0.4, -0.2) is 58.2 Å². The number of aliphatic hydroxyl groups is 1. The van der Waals surface area contributed by atoms with Crippen LogP contribution in [0.1, 0.15) is 22.0 Å². The van der Waals surface area contributed by atoms with Gasteiger partial charge in [0.05, 0.1) is 27.4 Å². The number of benzene rings is 2. The van der Waals surface area contributed by atoms with E-state index < -0.39 is 12.1 Å². The summed E-state index contributed by atoms with van der Waals surface area (Å²) in [6.07, 6.45) is -1.02. The van der Waals surface area contributed by atoms with E-state index in [9.17, 15) is 9.90 Å². The fourth-order valence-corrected chi connectivity index (χ4v) is 3.02. The number of carbonyl (C=O) groups is 1. The summed E-state index contributed by atoms with van der Waals surface area (Å²) in [4.78, 5) is 11.9. The largest absolute Gasteiger partial charge is 0.497 e. The second-order valence-electron chi connectivity index (χ2n) is 6.49. The Morgan fingerprint density at radius 3 is 2.72 bits per heavy atom. The van der Waals surface area contributed by atoms with Crippen LogP contribution in [-0.2, 0) is 4.74 Å². The summed E-state index contributed by atoms with van der Waals surface area (Å²) >= 11 is 0. The van der Waals surface area contributed by atoms with Gasteiger partial charge in [0.1, 0.15) is 29.8 Å². The highest BCUT2D eigenvalue weighted by molar-refractivity contribution is 5.92. The minimum atomic E-state index is -0.818. The molecule has 2 aromatic carbocycles. The first-order valence-corrected chi connectivity index (χ1v) is 9.18. The molecule has 2 unspecified atom stereocenters. The van der Waals surface area contributed by atoms with Gasteiger partial charge in [-0.15, -0.1) is 0 Å². The molecule has 1 aliphatic rings. The number of hydrogen-bond acceptors (Lipinski definition) is 8. The molecular weight excluding hydrogens is 378 g/mol. The van der Waals surface area contributed by atoms with Gasteiger partial charge in [0, 0.05) is 19.2 Å². The lowest BCUT2D eigenvalue weighted by Crippen LogP contribution is -2.39. The van der Waals surface area contributed by atoms with Crippen molar-refractivity contribution in [2.24, 2.45) is 0 Å². The van der Waals surface area contributed by atoms with E-state index >= 15 is 0 Å². The molecule has 0 saturated carbocycles. The van der Waals surface area contributed by atoms with E-state index in [2.05, 4.69) is 5.32 Å². The van der Waals surface area contributed by atoms with Crippen LogP contribution in [0.2, 0.25) is 0 Å². The Morgan fingerprint density at radius 1 is 1.17 bits per heavy atom. The minimum Gasteiger partial charge on any atom is -0.497 e. The maximum atomic E-state index is 11.9. The number of esters is 1. The molecule has 2 aromatic rings. The Kier molecular flexibility index (Phi) is 6.79. The maximum absolute atomic E-state index is 11.9. The molecule has 2 atom stereocenters. The second kappa shape index (κ2) is 9.49. The van der Waals surface area contributed by atoms with Gasteiger partial charge in [0.15, 0.2) is 11.5 Å². The van der Waals surface area contributed by atoms with Gasteiger partial charge in [-0.1, -0.05) is 6.07 Å². The smallest absolute Gasteiger partial charge is 0.341 e. The Labute approximate surface area is 169 Å². The molecule has 0 amide bonds. The number of carbonyl (C=O) groups excluding carboxylic acids is 1. The Hall–Kier alpha value is -2.97. The van der Waals surface area contributed by atoms with Crippen molar-refractivity contribution < 1.29 is 33.6 Å². The molecule has 0 saturated heterocycles. The number of fused-ring (bicyclic) bond motifs is 1. The first kappa shape index (κ1) is 20.8. The molecule has 0 radical (unpaired) electrons. The number of ether oxygens (including phenoxy) is 5. The van der Waals surface area contributed by atoms with Gasteiger partial charge in [-0.25, -0.2) is 4.79 Å². The van der Waals surface area contributed by atoms with Gasteiger partial charge < -0.3 is 34.1 Å². The molecule has 0 fully saturated rings. The van der Waals surface area contributed by atoms with Crippen LogP contribution in [0.5, 0.6) is 23.0 Å². The third kappa shape index (κ3) is 4.90. The Morgan fingerprint density at radius 2 is 2.00 bits per heavy atom. The van der Waals surface area contributed by atoms with Gasteiger partial charge in [-0.2, -0.15) is 0 Å². The molecule has 1 heterocycles. The summed E-state index contributed by atoms with van der Waals surface area (Å²) < 4.78 is 26.8. The van der Waals surface area contributed by atoms with Crippen LogP contribution < -0.4 is 24.3 Å². The van der Waals surface area contributed by atoms with Crippen LogP contribution in [0.25, 0.3) is 0 Å². The molecule has 3 rings (SSSR count). The van der Waals surface area contributed by atoms with E-state index in [1.54, 1.807) is 31.4 Å². The van der Waals surface area contributed by atoms with Gasteiger partial charge >= 0.3 is 5.97 Å². The van der Waals surface area contributed by atoms with E-state index in [1.165, 1.54) is 14.2 Å². The van der Waals surface area contributed by atoms with Crippen molar-refractivity contribution in [1.29, 1.82) is 0 Å². The van der Waals surface area contributed by atoms with Crippen LogP contribution >= 0.6 is 0 Å². The first-order valence-electron chi connectivity index (χ1n) is 9.18. The number of aliphatic hydroxyl groups excluding tert-OH is 1. The highest BCUT2D eigenvalue weighted by Gasteiger charge is 2.22. The van der Waals surface area contributed by atoms with Crippen LogP contribution in [0, 0.1) is 0 Å². The molecule has 8 heteroatoms. The van der Waals surface area contributed by atoms with Crippen molar-refractivity contribution >= 4 is 5.97 Å². The average Bonchev–Trinajstić information content (AvgIpc) is 2.77. The third-order valence-electron chi connectivity index (χ3n) is 4.59. The molecule has 29 heavy (non-hydrogen) atoms. The Balaban J connectivity index is 1.56. The van der Waals surface area contributed by atoms with Crippen molar-refractivity contribution in [3.05, 3.63) is 47.5 Å². The molecule has 156 valence electrons. The summed E-state index contributed by atoms with van der Waals surface area (Å²) in [5.41, 5.74) is 0.843. The number of nitrogens with one attached hydrogen (secondary N) is 1. The fourth-order valence-electron chi connectivity index (χ4n) is 3.02. The van der Waals surface area contributed by atoms with Crippen LogP contribution in [0.15, 0.2) is 36.4 Å². The fraction of sp³-hybridized carbons (Fsp3) is 0.381. The first-order chi connectivity index (χ1) is 14.0. The summed E-state index contributed by atoms with van der Waals surface area (Å²) in [6.45, 7) is 1.16. The molecule has 2 N–H and O–H groups in total. The van der Waals surface area contributed by atoms with Crippen LogP contribution in [0.3, 0.4) is 0 Å². The predicted molar refractivity (Wildman–Crippen MR) is 105 cm³/mol. The van der Waals surface area contributed by atoms with Gasteiger partial charge in [-0.05, 0) is 29.8 Å². The second-order valence-corrected chi connectivity index (χ2v) is 6.49. The van der Waals surface area contributed by atoms with Crippen molar-refractivity contribution in [2.75, 3.05) is 41.0 Å². The molecule has 0 bridgehead atoms. The SMILES string of the molecule is COC(=O)c1cc(C(O)CNCC2COc3ccc(OC)cc3O2)ccc1OC. The number of rotatable bonds is 8. The minimum absolute atomic E-state index is 0.205. The van der Waals surface area contributed by atoms with E-state index in [4.69, 9.17) is 23.7 Å².